The maximum atomic E-state index is 12.0. The molecule has 0 rings (SSSR count). The summed E-state index contributed by atoms with van der Waals surface area (Å²) in [6, 6.07) is 0. The van der Waals surface area contributed by atoms with E-state index in [0.717, 1.165) is 32.1 Å². The molecule has 0 aromatic rings. The highest BCUT2D eigenvalue weighted by molar-refractivity contribution is 5.69. The van der Waals surface area contributed by atoms with Crippen molar-refractivity contribution in [2.45, 2.75) is 212 Å². The summed E-state index contributed by atoms with van der Waals surface area (Å²) in [6.45, 7) is 4.16. The number of allylic oxidation sites excluding steroid dienone is 6. The minimum absolute atomic E-state index is 0.155. The molecular weight excluding hydrogens is 636 g/mol. The fourth-order valence-electron chi connectivity index (χ4n) is 5.87. The monoisotopic (exact) mass is 717 g/mol. The third kappa shape index (κ3) is 40.4. The molecule has 0 aliphatic rings. The molecule has 0 saturated heterocycles. The Morgan fingerprint density at radius 1 is 0.490 bits per heavy atom. The Morgan fingerprint density at radius 3 is 1.45 bits per heavy atom. The van der Waals surface area contributed by atoms with E-state index < -0.39 is 12.2 Å². The molecule has 2 atom stereocenters. The zero-order valence-corrected chi connectivity index (χ0v) is 33.2. The van der Waals surface area contributed by atoms with E-state index in [1.165, 1.54) is 122 Å². The molecule has 2 N–H and O–H groups in total. The van der Waals surface area contributed by atoms with E-state index >= 15 is 0 Å². The normalized spacial score (nSPS) is 13.3. The predicted molar refractivity (Wildman–Crippen MR) is 216 cm³/mol. The highest BCUT2D eigenvalue weighted by atomic mass is 16.6. The van der Waals surface area contributed by atoms with Gasteiger partial charge in [0.2, 0.25) is 0 Å². The molecule has 0 heterocycles. The SMILES string of the molecule is CCCCC/C=C\C/C=C\CC(O)/C=C\C=C\CCCC(=O)OC[C@H](O)COC(=O)CCCCCCCCCCCCCCCCCCCCC. The second-order valence-corrected chi connectivity index (χ2v) is 14.3. The number of rotatable bonds is 38. The van der Waals surface area contributed by atoms with Crippen molar-refractivity contribution in [2.24, 2.45) is 0 Å². The van der Waals surface area contributed by atoms with Crippen LogP contribution in [0.3, 0.4) is 0 Å². The maximum absolute atomic E-state index is 12.0. The Morgan fingerprint density at radius 2 is 0.922 bits per heavy atom. The highest BCUT2D eigenvalue weighted by Crippen LogP contribution is 2.15. The first-order valence-corrected chi connectivity index (χ1v) is 21.3. The smallest absolute Gasteiger partial charge is 0.305 e. The Hall–Kier alpha value is -2.18. The van der Waals surface area contributed by atoms with E-state index in [9.17, 15) is 19.8 Å². The molecule has 0 aromatic heterocycles. The summed E-state index contributed by atoms with van der Waals surface area (Å²) in [6.07, 6.45) is 47.7. The number of ether oxygens (including phenoxy) is 2. The summed E-state index contributed by atoms with van der Waals surface area (Å²) in [4.78, 5) is 24.0. The number of esters is 2. The number of aliphatic hydroxyl groups excluding tert-OH is 2. The Kier molecular flexibility index (Phi) is 38.9. The third-order valence-corrected chi connectivity index (χ3v) is 9.15. The molecule has 6 heteroatoms. The van der Waals surface area contributed by atoms with Gasteiger partial charge in [0, 0.05) is 12.8 Å². The number of unbranched alkanes of at least 4 members (excludes halogenated alkanes) is 22. The average Bonchev–Trinajstić information content (AvgIpc) is 3.12. The zero-order valence-electron chi connectivity index (χ0n) is 33.2. The molecule has 0 aromatic carbocycles. The molecule has 296 valence electrons. The van der Waals surface area contributed by atoms with Gasteiger partial charge in [-0.25, -0.2) is 0 Å². The van der Waals surface area contributed by atoms with E-state index in [4.69, 9.17) is 9.47 Å². The van der Waals surface area contributed by atoms with Gasteiger partial charge in [-0.15, -0.1) is 0 Å². The van der Waals surface area contributed by atoms with Crippen LogP contribution in [0.5, 0.6) is 0 Å². The van der Waals surface area contributed by atoms with Crippen LogP contribution < -0.4 is 0 Å². The van der Waals surface area contributed by atoms with Crippen molar-refractivity contribution in [2.75, 3.05) is 13.2 Å². The molecular formula is C45H80O6. The van der Waals surface area contributed by atoms with Crippen molar-refractivity contribution in [1.82, 2.24) is 0 Å². The maximum Gasteiger partial charge on any atom is 0.305 e. The summed E-state index contributed by atoms with van der Waals surface area (Å²) in [7, 11) is 0. The first-order valence-electron chi connectivity index (χ1n) is 21.3. The average molecular weight is 717 g/mol. The largest absolute Gasteiger partial charge is 0.463 e. The van der Waals surface area contributed by atoms with Crippen LogP contribution in [0.25, 0.3) is 0 Å². The first kappa shape index (κ1) is 48.8. The molecule has 51 heavy (non-hydrogen) atoms. The van der Waals surface area contributed by atoms with Crippen molar-refractivity contribution < 1.29 is 29.3 Å². The van der Waals surface area contributed by atoms with Crippen LogP contribution in [0.15, 0.2) is 48.6 Å². The van der Waals surface area contributed by atoms with Gasteiger partial charge < -0.3 is 19.7 Å². The minimum Gasteiger partial charge on any atom is -0.463 e. The van der Waals surface area contributed by atoms with E-state index in [0.29, 0.717) is 25.7 Å². The number of hydrogen-bond acceptors (Lipinski definition) is 6. The lowest BCUT2D eigenvalue weighted by Crippen LogP contribution is -2.25. The lowest BCUT2D eigenvalue weighted by atomic mass is 10.0. The van der Waals surface area contributed by atoms with E-state index in [-0.39, 0.29) is 31.6 Å². The van der Waals surface area contributed by atoms with Crippen LogP contribution in [-0.2, 0) is 19.1 Å². The molecule has 0 bridgehead atoms. The molecule has 0 fully saturated rings. The van der Waals surface area contributed by atoms with Gasteiger partial charge in [-0.2, -0.15) is 0 Å². The van der Waals surface area contributed by atoms with E-state index in [1.807, 2.05) is 24.3 Å². The summed E-state index contributed by atoms with van der Waals surface area (Å²) in [5.74, 6) is -0.686. The summed E-state index contributed by atoms with van der Waals surface area (Å²) in [5, 5.41) is 20.1. The Bertz CT molecular complexity index is 876. The zero-order chi connectivity index (χ0) is 37.3. The van der Waals surface area contributed by atoms with Crippen LogP contribution in [0.1, 0.15) is 200 Å². The Labute approximate surface area is 314 Å². The molecule has 0 amide bonds. The highest BCUT2D eigenvalue weighted by Gasteiger charge is 2.12. The van der Waals surface area contributed by atoms with Gasteiger partial charge in [-0.3, -0.25) is 9.59 Å². The van der Waals surface area contributed by atoms with Crippen molar-refractivity contribution in [3.63, 3.8) is 0 Å². The van der Waals surface area contributed by atoms with Crippen LogP contribution in [-0.4, -0.2) is 47.6 Å². The molecule has 0 aliphatic carbocycles. The number of hydrogen-bond donors (Lipinski definition) is 2. The second-order valence-electron chi connectivity index (χ2n) is 14.3. The molecule has 6 nitrogen and oxygen atoms in total. The van der Waals surface area contributed by atoms with E-state index in [1.54, 1.807) is 6.08 Å². The summed E-state index contributed by atoms with van der Waals surface area (Å²) >= 11 is 0. The standard InChI is InChI=1S/C45H80O6/c1-3-5-7-9-11-13-14-15-16-17-18-19-20-21-22-24-26-30-34-38-44(48)50-40-43(47)41-51-45(49)39-35-31-27-29-33-37-42(46)36-32-28-25-23-12-10-8-6-4-2/h12,23,27-29,32-33,37,42-43,46-47H,3-11,13-22,24-26,30-31,34-36,38-41H2,1-2H3/b23-12-,29-27+,32-28-,37-33-/t42?,43-/m1/s1. The molecule has 0 aliphatic heterocycles. The first-order chi connectivity index (χ1) is 25.0. The number of carbonyl (C=O) groups is 2. The van der Waals surface area contributed by atoms with Crippen molar-refractivity contribution >= 4 is 11.9 Å². The lowest BCUT2D eigenvalue weighted by Gasteiger charge is -2.12. The van der Waals surface area contributed by atoms with Gasteiger partial charge in [0.25, 0.3) is 0 Å². The van der Waals surface area contributed by atoms with Crippen molar-refractivity contribution in [3.8, 4) is 0 Å². The third-order valence-electron chi connectivity index (χ3n) is 9.15. The summed E-state index contributed by atoms with van der Waals surface area (Å²) < 4.78 is 10.3. The van der Waals surface area contributed by atoms with Gasteiger partial charge in [-0.1, -0.05) is 191 Å². The van der Waals surface area contributed by atoms with Crippen LogP contribution in [0.4, 0.5) is 0 Å². The minimum atomic E-state index is -1.01. The molecule has 0 spiro atoms. The summed E-state index contributed by atoms with van der Waals surface area (Å²) in [5.41, 5.74) is 0. The van der Waals surface area contributed by atoms with Gasteiger partial charge in [0.1, 0.15) is 19.3 Å². The molecule has 0 radical (unpaired) electrons. The van der Waals surface area contributed by atoms with Crippen LogP contribution in [0.2, 0.25) is 0 Å². The lowest BCUT2D eigenvalue weighted by molar-refractivity contribution is -0.152. The molecule has 0 saturated carbocycles. The fraction of sp³-hybridized carbons (Fsp3) is 0.778. The second kappa shape index (κ2) is 40.6. The Balaban J connectivity index is 3.56. The van der Waals surface area contributed by atoms with Crippen molar-refractivity contribution in [1.29, 1.82) is 0 Å². The van der Waals surface area contributed by atoms with Crippen molar-refractivity contribution in [3.05, 3.63) is 48.6 Å². The van der Waals surface area contributed by atoms with Gasteiger partial charge in [0.15, 0.2) is 0 Å². The van der Waals surface area contributed by atoms with Gasteiger partial charge in [0.05, 0.1) is 6.10 Å². The van der Waals surface area contributed by atoms with E-state index in [2.05, 4.69) is 32.1 Å². The molecule has 1 unspecified atom stereocenters. The van der Waals surface area contributed by atoms with Gasteiger partial charge in [-0.05, 0) is 44.9 Å². The fourth-order valence-corrected chi connectivity index (χ4v) is 5.87. The van der Waals surface area contributed by atoms with Crippen LogP contribution in [0, 0.1) is 0 Å². The quantitative estimate of drug-likeness (QED) is 0.0286. The topological polar surface area (TPSA) is 93.1 Å². The number of carbonyl (C=O) groups excluding carboxylic acids is 2. The number of aliphatic hydroxyl groups is 2. The predicted octanol–water partition coefficient (Wildman–Crippen LogP) is 12.4. The van der Waals surface area contributed by atoms with Gasteiger partial charge >= 0.3 is 11.9 Å². The van der Waals surface area contributed by atoms with Crippen LogP contribution >= 0.6 is 0 Å².